The van der Waals surface area contributed by atoms with E-state index in [-0.39, 0.29) is 18.1 Å². The summed E-state index contributed by atoms with van der Waals surface area (Å²) in [6.07, 6.45) is 2.37. The summed E-state index contributed by atoms with van der Waals surface area (Å²) < 4.78 is 28.8. The van der Waals surface area contributed by atoms with Crippen LogP contribution in [0, 0.1) is 25.5 Å². The van der Waals surface area contributed by atoms with Crippen LogP contribution in [-0.4, -0.2) is 40.9 Å². The minimum Gasteiger partial charge on any atom is -0.316 e. The van der Waals surface area contributed by atoms with Crippen LogP contribution in [0.25, 0.3) is 5.69 Å². The first-order valence-corrected chi connectivity index (χ1v) is 8.39. The average molecular weight is 371 g/mol. The molecule has 0 aliphatic carbocycles. The highest BCUT2D eigenvalue weighted by Gasteiger charge is 2.22. The number of hydrogen-bond acceptors (Lipinski definition) is 3. The number of aryl methyl sites for hydroxylation is 1. The van der Waals surface area contributed by atoms with Crippen LogP contribution in [0.2, 0.25) is 0 Å². The van der Waals surface area contributed by atoms with Crippen LogP contribution in [0.15, 0.2) is 18.2 Å². The number of nitrogens with zero attached hydrogens (tertiary/aromatic N) is 3. The van der Waals surface area contributed by atoms with Crippen LogP contribution in [0.1, 0.15) is 29.8 Å². The fourth-order valence-electron chi connectivity index (χ4n) is 3.45. The van der Waals surface area contributed by atoms with Crippen LogP contribution in [0.3, 0.4) is 0 Å². The first-order valence-electron chi connectivity index (χ1n) is 8.39. The average Bonchev–Trinajstić information content (AvgIpc) is 2.83. The predicted octanol–water partition coefficient (Wildman–Crippen LogP) is 3.37. The molecule has 1 atom stereocenters. The quantitative estimate of drug-likeness (QED) is 0.895. The normalized spacial score (nSPS) is 18.2. The van der Waals surface area contributed by atoms with E-state index in [0.717, 1.165) is 42.7 Å². The van der Waals surface area contributed by atoms with Gasteiger partial charge in [-0.05, 0) is 52.4 Å². The van der Waals surface area contributed by atoms with Crippen LogP contribution >= 0.6 is 12.4 Å². The summed E-state index contributed by atoms with van der Waals surface area (Å²) in [6, 6.07) is 4.11. The summed E-state index contributed by atoms with van der Waals surface area (Å²) in [6.45, 7) is 6.76. The van der Waals surface area contributed by atoms with Crippen molar-refractivity contribution in [2.45, 2.75) is 39.3 Å². The maximum atomic E-state index is 14.1. The van der Waals surface area contributed by atoms with Gasteiger partial charge in [-0.2, -0.15) is 5.10 Å². The Morgan fingerprint density at radius 1 is 1.28 bits per heavy atom. The molecular weight excluding hydrogens is 346 g/mol. The summed E-state index contributed by atoms with van der Waals surface area (Å²) in [5.41, 5.74) is 3.21. The molecule has 1 unspecified atom stereocenters. The van der Waals surface area contributed by atoms with Gasteiger partial charge in [0.05, 0.1) is 5.69 Å². The number of piperidine rings is 1. The highest BCUT2D eigenvalue weighted by atomic mass is 35.5. The Kier molecular flexibility index (Phi) is 6.54. The van der Waals surface area contributed by atoms with Gasteiger partial charge in [-0.15, -0.1) is 12.4 Å². The lowest BCUT2D eigenvalue weighted by Crippen LogP contribution is -2.44. The van der Waals surface area contributed by atoms with Crippen LogP contribution in [0.4, 0.5) is 8.78 Å². The number of likely N-dealkylation sites (tertiary alicyclic amines) is 1. The van der Waals surface area contributed by atoms with Crippen molar-refractivity contribution in [2.24, 2.45) is 0 Å². The van der Waals surface area contributed by atoms with Crippen molar-refractivity contribution in [1.82, 2.24) is 20.0 Å². The van der Waals surface area contributed by atoms with E-state index in [0.29, 0.717) is 6.04 Å². The van der Waals surface area contributed by atoms with Gasteiger partial charge < -0.3 is 5.32 Å². The molecule has 0 amide bonds. The number of halogens is 3. The summed E-state index contributed by atoms with van der Waals surface area (Å²) in [4.78, 5) is 2.41. The van der Waals surface area contributed by atoms with Crippen molar-refractivity contribution in [1.29, 1.82) is 0 Å². The number of likely N-dealkylation sites (N-methyl/N-ethyl adjacent to an activating group) is 1. The second kappa shape index (κ2) is 8.25. The molecule has 7 heteroatoms. The van der Waals surface area contributed by atoms with E-state index in [1.807, 2.05) is 20.9 Å². The van der Waals surface area contributed by atoms with Gasteiger partial charge in [-0.25, -0.2) is 13.5 Å². The molecule has 138 valence electrons. The summed E-state index contributed by atoms with van der Waals surface area (Å²) >= 11 is 0. The zero-order valence-corrected chi connectivity index (χ0v) is 15.7. The summed E-state index contributed by atoms with van der Waals surface area (Å²) in [7, 11) is 2.00. The minimum atomic E-state index is -0.597. The highest BCUT2D eigenvalue weighted by molar-refractivity contribution is 5.85. The highest BCUT2D eigenvalue weighted by Crippen LogP contribution is 2.23. The molecule has 1 N–H and O–H groups in total. The molecule has 0 radical (unpaired) electrons. The van der Waals surface area contributed by atoms with Gasteiger partial charge in [0.25, 0.3) is 0 Å². The zero-order valence-electron chi connectivity index (χ0n) is 14.9. The Morgan fingerprint density at radius 3 is 2.72 bits per heavy atom. The van der Waals surface area contributed by atoms with Crippen molar-refractivity contribution in [3.8, 4) is 5.69 Å². The molecular formula is C18H25ClF2N4. The molecule has 0 saturated carbocycles. The first-order chi connectivity index (χ1) is 11.5. The van der Waals surface area contributed by atoms with Gasteiger partial charge in [0.15, 0.2) is 5.82 Å². The molecule has 0 spiro atoms. The van der Waals surface area contributed by atoms with E-state index in [2.05, 4.69) is 15.3 Å². The predicted molar refractivity (Wildman–Crippen MR) is 97.6 cm³/mol. The van der Waals surface area contributed by atoms with Crippen molar-refractivity contribution in [3.05, 3.63) is 46.8 Å². The van der Waals surface area contributed by atoms with Crippen LogP contribution < -0.4 is 5.32 Å². The molecule has 1 aliphatic heterocycles. The molecule has 1 saturated heterocycles. The molecule has 25 heavy (non-hydrogen) atoms. The Bertz CT molecular complexity index is 732. The molecule has 1 fully saturated rings. The largest absolute Gasteiger partial charge is 0.316 e. The maximum absolute atomic E-state index is 14.1. The molecule has 0 bridgehead atoms. The number of benzene rings is 1. The van der Waals surface area contributed by atoms with E-state index < -0.39 is 11.6 Å². The summed E-state index contributed by atoms with van der Waals surface area (Å²) in [5.74, 6) is -1.18. The Balaban J connectivity index is 0.00000225. The molecule has 4 nitrogen and oxygen atoms in total. The van der Waals surface area contributed by atoms with Crippen molar-refractivity contribution in [2.75, 3.05) is 20.1 Å². The van der Waals surface area contributed by atoms with Gasteiger partial charge in [-0.3, -0.25) is 4.90 Å². The number of rotatable bonds is 4. The van der Waals surface area contributed by atoms with Crippen LogP contribution in [0.5, 0.6) is 0 Å². The van der Waals surface area contributed by atoms with E-state index in [1.165, 1.54) is 25.0 Å². The second-order valence-corrected chi connectivity index (χ2v) is 6.52. The Labute approximate surface area is 153 Å². The third-order valence-electron chi connectivity index (χ3n) is 4.87. The maximum Gasteiger partial charge on any atom is 0.151 e. The minimum absolute atomic E-state index is 0. The third kappa shape index (κ3) is 4.19. The lowest BCUT2D eigenvalue weighted by atomic mass is 10.0. The zero-order chi connectivity index (χ0) is 17.3. The topological polar surface area (TPSA) is 33.1 Å². The molecule has 1 aromatic carbocycles. The molecule has 3 rings (SSSR count). The van der Waals surface area contributed by atoms with E-state index in [1.54, 1.807) is 4.68 Å². The van der Waals surface area contributed by atoms with Crippen molar-refractivity contribution >= 4 is 12.4 Å². The van der Waals surface area contributed by atoms with E-state index >= 15 is 0 Å². The summed E-state index contributed by atoms with van der Waals surface area (Å²) in [5, 5.41) is 7.83. The van der Waals surface area contributed by atoms with E-state index in [9.17, 15) is 8.78 Å². The molecule has 1 aliphatic rings. The lowest BCUT2D eigenvalue weighted by Gasteiger charge is -2.32. The van der Waals surface area contributed by atoms with Crippen molar-refractivity contribution in [3.63, 3.8) is 0 Å². The first kappa shape index (κ1) is 19.8. The second-order valence-electron chi connectivity index (χ2n) is 6.52. The molecule has 1 aromatic heterocycles. The third-order valence-corrected chi connectivity index (χ3v) is 4.87. The SMILES string of the molecule is CNC1CCCN(Cc2c(C)nn(-c3ccc(F)cc3F)c2C)C1.Cl. The molecule has 2 aromatic rings. The van der Waals surface area contributed by atoms with Gasteiger partial charge in [-0.1, -0.05) is 0 Å². The fraction of sp³-hybridized carbons (Fsp3) is 0.500. The number of aromatic nitrogens is 2. The Morgan fingerprint density at radius 2 is 2.04 bits per heavy atom. The van der Waals surface area contributed by atoms with Gasteiger partial charge >= 0.3 is 0 Å². The van der Waals surface area contributed by atoms with Crippen LogP contribution in [-0.2, 0) is 6.54 Å². The monoisotopic (exact) mass is 370 g/mol. The smallest absolute Gasteiger partial charge is 0.151 e. The van der Waals surface area contributed by atoms with Crippen molar-refractivity contribution < 1.29 is 8.78 Å². The Hall–Kier alpha value is -1.50. The standard InChI is InChI=1S/C18H24F2N4.ClH/c1-12-16(11-23-8-4-5-15(10-23)21-3)13(2)24(22-12)18-7-6-14(19)9-17(18)20;/h6-7,9,15,21H,4-5,8,10-11H2,1-3H3;1H. The lowest BCUT2D eigenvalue weighted by molar-refractivity contribution is 0.187. The van der Waals surface area contributed by atoms with Gasteiger partial charge in [0, 0.05) is 36.5 Å². The number of nitrogens with one attached hydrogen (secondary N) is 1. The fourth-order valence-corrected chi connectivity index (χ4v) is 3.45. The van der Waals surface area contributed by atoms with Gasteiger partial charge in [0.1, 0.15) is 11.5 Å². The van der Waals surface area contributed by atoms with E-state index in [4.69, 9.17) is 0 Å². The number of hydrogen-bond donors (Lipinski definition) is 1. The molecule has 2 heterocycles. The van der Waals surface area contributed by atoms with Gasteiger partial charge in [0.2, 0.25) is 0 Å².